The molecule has 1 aromatic carbocycles. The third kappa shape index (κ3) is 3.95. The minimum absolute atomic E-state index is 0.00513. The van der Waals surface area contributed by atoms with E-state index in [9.17, 15) is 14.0 Å². The first kappa shape index (κ1) is 20.8. The van der Waals surface area contributed by atoms with Crippen LogP contribution in [0.3, 0.4) is 0 Å². The second kappa shape index (κ2) is 8.02. The topological polar surface area (TPSA) is 74.8 Å². The van der Waals surface area contributed by atoms with E-state index in [0.29, 0.717) is 40.5 Å². The summed E-state index contributed by atoms with van der Waals surface area (Å²) in [5.74, 6) is 0.312. The van der Waals surface area contributed by atoms with Crippen molar-refractivity contribution in [2.75, 3.05) is 11.1 Å². The number of hydrogen-bond acceptors (Lipinski definition) is 5. The molecule has 30 heavy (non-hydrogen) atoms. The molecule has 0 spiro atoms. The zero-order chi connectivity index (χ0) is 21.5. The third-order valence-electron chi connectivity index (χ3n) is 5.62. The molecule has 0 saturated carbocycles. The first-order chi connectivity index (χ1) is 14.3. The molecule has 1 unspecified atom stereocenters. The monoisotopic (exact) mass is 427 g/mol. The van der Waals surface area contributed by atoms with Crippen molar-refractivity contribution in [1.29, 1.82) is 0 Å². The van der Waals surface area contributed by atoms with Gasteiger partial charge >= 0.3 is 0 Å². The average Bonchev–Trinajstić information content (AvgIpc) is 2.65. The Morgan fingerprint density at radius 3 is 2.80 bits per heavy atom. The summed E-state index contributed by atoms with van der Waals surface area (Å²) in [6.45, 7) is 6.23. The lowest BCUT2D eigenvalue weighted by molar-refractivity contribution is -0.118. The fourth-order valence-electron chi connectivity index (χ4n) is 4.29. The molecule has 2 aromatic rings. The second-order valence-corrected chi connectivity index (χ2v) is 9.87. The smallest absolute Gasteiger partial charge is 0.257 e. The Morgan fingerprint density at radius 1 is 1.27 bits per heavy atom. The van der Waals surface area contributed by atoms with Crippen LogP contribution < -0.4 is 10.9 Å². The van der Waals surface area contributed by atoms with Crippen LogP contribution in [0.2, 0.25) is 0 Å². The van der Waals surface area contributed by atoms with Crippen LogP contribution in [0.15, 0.2) is 45.5 Å². The first-order valence-corrected chi connectivity index (χ1v) is 11.3. The van der Waals surface area contributed by atoms with Crippen LogP contribution in [-0.4, -0.2) is 21.5 Å². The molecular weight excluding hydrogens is 401 g/mol. The summed E-state index contributed by atoms with van der Waals surface area (Å²) in [7, 11) is 0. The van der Waals surface area contributed by atoms with Gasteiger partial charge in [0, 0.05) is 29.4 Å². The number of benzene rings is 1. The fraction of sp³-hybridized carbons (Fsp3) is 0.435. The molecule has 1 aliphatic heterocycles. The number of thioether (sulfide) groups is 1. The summed E-state index contributed by atoms with van der Waals surface area (Å²) >= 11 is 1.51. The molecule has 5 nitrogen and oxygen atoms in total. The lowest BCUT2D eigenvalue weighted by Gasteiger charge is -2.38. The van der Waals surface area contributed by atoms with Crippen molar-refractivity contribution in [3.63, 3.8) is 0 Å². The number of aromatic nitrogens is 2. The van der Waals surface area contributed by atoms with Gasteiger partial charge in [-0.25, -0.2) is 9.37 Å². The van der Waals surface area contributed by atoms with Gasteiger partial charge in [-0.15, -0.1) is 0 Å². The quantitative estimate of drug-likeness (QED) is 0.399. The van der Waals surface area contributed by atoms with Gasteiger partial charge in [0.05, 0.1) is 5.56 Å². The highest BCUT2D eigenvalue weighted by Gasteiger charge is 2.42. The molecular formula is C23H26FN3O2S. The van der Waals surface area contributed by atoms with Gasteiger partial charge in [-0.2, -0.15) is 0 Å². The lowest BCUT2D eigenvalue weighted by Crippen LogP contribution is -2.37. The molecule has 0 amide bonds. The second-order valence-electron chi connectivity index (χ2n) is 8.78. The maximum atomic E-state index is 14.1. The number of nitrogens with one attached hydrogen (secondary N) is 2. The summed E-state index contributed by atoms with van der Waals surface area (Å²) in [5.41, 5.74) is 1.85. The van der Waals surface area contributed by atoms with Gasteiger partial charge in [-0.3, -0.25) is 9.59 Å². The number of halogens is 1. The van der Waals surface area contributed by atoms with Crippen molar-refractivity contribution in [2.45, 2.75) is 57.5 Å². The summed E-state index contributed by atoms with van der Waals surface area (Å²) in [6, 6.07) is 6.15. The maximum absolute atomic E-state index is 14.1. The molecule has 2 aliphatic rings. The van der Waals surface area contributed by atoms with Crippen molar-refractivity contribution in [3.05, 3.63) is 62.8 Å². The molecule has 0 saturated heterocycles. The van der Waals surface area contributed by atoms with Gasteiger partial charge < -0.3 is 10.3 Å². The molecule has 0 radical (unpaired) electrons. The number of hydrogen-bond donors (Lipinski definition) is 2. The molecule has 1 aliphatic carbocycles. The first-order valence-electron chi connectivity index (χ1n) is 10.3. The van der Waals surface area contributed by atoms with E-state index in [2.05, 4.69) is 36.1 Å². The number of allylic oxidation sites excluding steroid dienone is 2. The standard InChI is InChI=1S/C23H26FN3O2S/c1-4-5-9-30-22-26-20-19(21(29)27-22)17(13-7-6-8-14(24)10-13)18-15(25-20)11-23(2,3)12-16(18)28/h6-8,10,17H,4-5,9,11-12H2,1-3H3,(H2,25,26,27,29). The number of carbonyl (C=O) groups is 1. The predicted molar refractivity (Wildman–Crippen MR) is 117 cm³/mol. The Balaban J connectivity index is 1.87. The molecule has 7 heteroatoms. The van der Waals surface area contributed by atoms with Gasteiger partial charge in [0.15, 0.2) is 10.9 Å². The lowest BCUT2D eigenvalue weighted by atomic mass is 9.69. The number of aromatic amines is 1. The molecule has 4 rings (SSSR count). The van der Waals surface area contributed by atoms with E-state index in [1.165, 1.54) is 23.9 Å². The maximum Gasteiger partial charge on any atom is 0.257 e. The number of Topliss-reactive ketones (excluding diaryl/α,β-unsaturated/α-hetero) is 1. The molecule has 2 heterocycles. The van der Waals surface area contributed by atoms with E-state index in [0.717, 1.165) is 24.3 Å². The van der Waals surface area contributed by atoms with Gasteiger partial charge in [-0.05, 0) is 36.0 Å². The average molecular weight is 428 g/mol. The van der Waals surface area contributed by atoms with Gasteiger partial charge in [0.1, 0.15) is 11.6 Å². The number of rotatable bonds is 5. The predicted octanol–water partition coefficient (Wildman–Crippen LogP) is 5.00. The SMILES string of the molecule is CCCCSc1nc2c(c(=O)[nH]1)C(c1cccc(F)c1)C1=C(CC(C)(C)CC1=O)N2. The molecule has 0 fully saturated rings. The number of fused-ring (bicyclic) bond motifs is 1. The van der Waals surface area contributed by atoms with Crippen LogP contribution in [0, 0.1) is 11.2 Å². The zero-order valence-corrected chi connectivity index (χ0v) is 18.3. The highest BCUT2D eigenvalue weighted by Crippen LogP contribution is 2.47. The Hall–Kier alpha value is -2.41. The Bertz CT molecular complexity index is 1090. The van der Waals surface area contributed by atoms with Crippen molar-refractivity contribution in [1.82, 2.24) is 9.97 Å². The van der Waals surface area contributed by atoms with Crippen LogP contribution in [0.5, 0.6) is 0 Å². The number of ketones is 1. The molecule has 1 atom stereocenters. The summed E-state index contributed by atoms with van der Waals surface area (Å²) in [5, 5.41) is 3.85. The number of H-pyrrole nitrogens is 1. The van der Waals surface area contributed by atoms with E-state index in [-0.39, 0.29) is 16.8 Å². The van der Waals surface area contributed by atoms with E-state index in [4.69, 9.17) is 0 Å². The van der Waals surface area contributed by atoms with Crippen molar-refractivity contribution in [2.24, 2.45) is 5.41 Å². The van der Waals surface area contributed by atoms with E-state index >= 15 is 0 Å². The van der Waals surface area contributed by atoms with Crippen LogP contribution >= 0.6 is 11.8 Å². The number of carbonyl (C=O) groups excluding carboxylic acids is 1. The highest BCUT2D eigenvalue weighted by molar-refractivity contribution is 7.99. The number of nitrogens with zero attached hydrogens (tertiary/aromatic N) is 1. The Morgan fingerprint density at radius 2 is 2.07 bits per heavy atom. The Labute approximate surface area is 179 Å². The largest absolute Gasteiger partial charge is 0.343 e. The van der Waals surface area contributed by atoms with E-state index in [1.54, 1.807) is 12.1 Å². The van der Waals surface area contributed by atoms with Crippen molar-refractivity contribution < 1.29 is 9.18 Å². The van der Waals surface area contributed by atoms with Gasteiger partial charge in [-0.1, -0.05) is 51.1 Å². The van der Waals surface area contributed by atoms with E-state index < -0.39 is 11.7 Å². The minimum atomic E-state index is -0.624. The Kier molecular flexibility index (Phi) is 5.57. The van der Waals surface area contributed by atoms with Crippen molar-refractivity contribution >= 4 is 23.4 Å². The van der Waals surface area contributed by atoms with Crippen LogP contribution in [0.1, 0.15) is 63.5 Å². The number of unbranched alkanes of at least 4 members (excludes halogenated alkanes) is 1. The van der Waals surface area contributed by atoms with Gasteiger partial charge in [0.25, 0.3) is 5.56 Å². The fourth-order valence-corrected chi connectivity index (χ4v) is 5.24. The molecule has 0 bridgehead atoms. The summed E-state index contributed by atoms with van der Waals surface area (Å²) < 4.78 is 14.1. The van der Waals surface area contributed by atoms with Crippen LogP contribution in [-0.2, 0) is 4.79 Å². The normalized spacial score (nSPS) is 19.9. The third-order valence-corrected chi connectivity index (χ3v) is 6.58. The molecule has 158 valence electrons. The van der Waals surface area contributed by atoms with Gasteiger partial charge in [0.2, 0.25) is 0 Å². The summed E-state index contributed by atoms with van der Waals surface area (Å²) in [4.78, 5) is 33.8. The number of anilines is 1. The van der Waals surface area contributed by atoms with Crippen LogP contribution in [0.4, 0.5) is 10.2 Å². The van der Waals surface area contributed by atoms with Crippen LogP contribution in [0.25, 0.3) is 0 Å². The molecule has 2 N–H and O–H groups in total. The molecule has 1 aromatic heterocycles. The van der Waals surface area contributed by atoms with E-state index in [1.807, 2.05) is 0 Å². The summed E-state index contributed by atoms with van der Waals surface area (Å²) in [6.07, 6.45) is 3.16. The zero-order valence-electron chi connectivity index (χ0n) is 17.5. The highest BCUT2D eigenvalue weighted by atomic mass is 32.2. The minimum Gasteiger partial charge on any atom is -0.343 e. The van der Waals surface area contributed by atoms with Crippen molar-refractivity contribution in [3.8, 4) is 0 Å².